The number of rotatable bonds is 4. The number of benzene rings is 1. The molecule has 1 nitrogen and oxygen atoms in total. The zero-order chi connectivity index (χ0) is 13.0. The Balaban J connectivity index is 2.02. The highest BCUT2D eigenvalue weighted by Crippen LogP contribution is 2.43. The van der Waals surface area contributed by atoms with Crippen LogP contribution in [0.1, 0.15) is 63.0 Å². The number of hydrogen-bond acceptors (Lipinski definition) is 1. The summed E-state index contributed by atoms with van der Waals surface area (Å²) >= 11 is 0. The summed E-state index contributed by atoms with van der Waals surface area (Å²) in [7, 11) is 0. The van der Waals surface area contributed by atoms with Crippen molar-refractivity contribution in [3.8, 4) is 0 Å². The molecule has 0 aromatic heterocycles. The molecule has 1 aliphatic carbocycles. The monoisotopic (exact) mass is 244 g/mol. The largest absolute Gasteiger partial charge is 0.303 e. The molecular weight excluding hydrogens is 220 g/mol. The first kappa shape index (κ1) is 13.3. The van der Waals surface area contributed by atoms with E-state index in [1.54, 1.807) is 0 Å². The third-order valence-electron chi connectivity index (χ3n) is 4.21. The van der Waals surface area contributed by atoms with Gasteiger partial charge >= 0.3 is 0 Å². The molecule has 0 aliphatic heterocycles. The van der Waals surface area contributed by atoms with Crippen LogP contribution in [0, 0.1) is 5.41 Å². The second kappa shape index (κ2) is 5.69. The van der Waals surface area contributed by atoms with Gasteiger partial charge in [0.15, 0.2) is 0 Å². The summed E-state index contributed by atoms with van der Waals surface area (Å²) in [5.74, 6) is 0.730. The van der Waals surface area contributed by atoms with Crippen molar-refractivity contribution in [1.29, 1.82) is 0 Å². The molecule has 0 bridgehead atoms. The number of aldehydes is 1. The fourth-order valence-corrected chi connectivity index (χ4v) is 3.16. The van der Waals surface area contributed by atoms with Gasteiger partial charge in [-0.2, -0.15) is 0 Å². The fraction of sp³-hybridized carbons (Fsp3) is 0.588. The van der Waals surface area contributed by atoms with Crippen LogP contribution in [0.4, 0.5) is 0 Å². The molecule has 18 heavy (non-hydrogen) atoms. The Bertz CT molecular complexity index is 389. The molecular formula is C17H24O. The molecule has 0 N–H and O–H groups in total. The highest BCUT2D eigenvalue weighted by molar-refractivity contribution is 5.50. The summed E-state index contributed by atoms with van der Waals surface area (Å²) in [6.45, 7) is 4.77. The van der Waals surface area contributed by atoms with Crippen molar-refractivity contribution >= 4 is 6.29 Å². The van der Waals surface area contributed by atoms with E-state index in [-0.39, 0.29) is 0 Å². The Morgan fingerprint density at radius 3 is 2.61 bits per heavy atom. The minimum atomic E-state index is 0.499. The Morgan fingerprint density at radius 1 is 1.28 bits per heavy atom. The second-order valence-corrected chi connectivity index (χ2v) is 6.40. The van der Waals surface area contributed by atoms with Crippen LogP contribution in [-0.4, -0.2) is 6.29 Å². The van der Waals surface area contributed by atoms with Crippen LogP contribution in [0.5, 0.6) is 0 Å². The lowest BCUT2D eigenvalue weighted by molar-refractivity contribution is -0.107. The van der Waals surface area contributed by atoms with Crippen LogP contribution in [0.2, 0.25) is 0 Å². The van der Waals surface area contributed by atoms with Crippen molar-refractivity contribution in [3.63, 3.8) is 0 Å². The Morgan fingerprint density at radius 2 is 2.00 bits per heavy atom. The molecule has 0 amide bonds. The number of hydrogen-bond donors (Lipinski definition) is 0. The Labute approximate surface area is 111 Å². The van der Waals surface area contributed by atoms with Crippen LogP contribution < -0.4 is 0 Å². The maximum Gasteiger partial charge on any atom is 0.120 e. The third kappa shape index (κ3) is 3.44. The van der Waals surface area contributed by atoms with Crippen LogP contribution >= 0.6 is 0 Å². The quantitative estimate of drug-likeness (QED) is 0.713. The first-order valence-electron chi connectivity index (χ1n) is 7.13. The van der Waals surface area contributed by atoms with Gasteiger partial charge in [0.25, 0.3) is 0 Å². The van der Waals surface area contributed by atoms with E-state index in [0.29, 0.717) is 11.8 Å². The molecule has 0 spiro atoms. The van der Waals surface area contributed by atoms with Gasteiger partial charge < -0.3 is 4.79 Å². The van der Waals surface area contributed by atoms with Crippen LogP contribution in [0.3, 0.4) is 0 Å². The first-order chi connectivity index (χ1) is 8.61. The maximum absolute atomic E-state index is 10.4. The first-order valence-corrected chi connectivity index (χ1v) is 7.13. The van der Waals surface area contributed by atoms with Crippen LogP contribution in [0.15, 0.2) is 24.3 Å². The second-order valence-electron chi connectivity index (χ2n) is 6.40. The third-order valence-corrected chi connectivity index (χ3v) is 4.21. The lowest BCUT2D eigenvalue weighted by Gasteiger charge is -2.35. The van der Waals surface area contributed by atoms with Crippen molar-refractivity contribution < 1.29 is 4.79 Å². The van der Waals surface area contributed by atoms with E-state index >= 15 is 0 Å². The molecule has 0 radical (unpaired) electrons. The van der Waals surface area contributed by atoms with Crippen molar-refractivity contribution in [2.45, 2.75) is 58.3 Å². The van der Waals surface area contributed by atoms with Gasteiger partial charge in [0, 0.05) is 6.42 Å². The van der Waals surface area contributed by atoms with Gasteiger partial charge in [-0.25, -0.2) is 0 Å². The predicted molar refractivity (Wildman–Crippen MR) is 75.8 cm³/mol. The molecule has 0 saturated heterocycles. The van der Waals surface area contributed by atoms with Crippen LogP contribution in [0.25, 0.3) is 0 Å². The van der Waals surface area contributed by atoms with E-state index in [0.717, 1.165) is 18.6 Å². The van der Waals surface area contributed by atoms with Gasteiger partial charge in [0.2, 0.25) is 0 Å². The zero-order valence-electron chi connectivity index (χ0n) is 11.6. The highest BCUT2D eigenvalue weighted by Gasteiger charge is 2.28. The summed E-state index contributed by atoms with van der Waals surface area (Å²) in [5.41, 5.74) is 3.26. The molecule has 1 aromatic carbocycles. The summed E-state index contributed by atoms with van der Waals surface area (Å²) < 4.78 is 0. The van der Waals surface area contributed by atoms with Crippen molar-refractivity contribution in [2.24, 2.45) is 5.41 Å². The number of carbonyl (C=O) groups is 1. The van der Waals surface area contributed by atoms with E-state index < -0.39 is 0 Å². The van der Waals surface area contributed by atoms with Gasteiger partial charge in [-0.15, -0.1) is 0 Å². The van der Waals surface area contributed by atoms with Gasteiger partial charge in [0.05, 0.1) is 0 Å². The molecule has 1 atom stereocenters. The standard InChI is InChI=1S/C17H24O/c1-17(2)11-3-6-16(13-17)15-9-7-14(8-10-15)5-4-12-18/h7-10,12,16H,3-6,11,13H2,1-2H3. The van der Waals surface area contributed by atoms with E-state index in [1.807, 2.05) is 0 Å². The molecule has 1 aromatic rings. The summed E-state index contributed by atoms with van der Waals surface area (Å²) in [4.78, 5) is 10.4. The lowest BCUT2D eigenvalue weighted by Crippen LogP contribution is -2.21. The SMILES string of the molecule is CC1(C)CCCC(c2ccc(CCC=O)cc2)C1. The van der Waals surface area contributed by atoms with E-state index in [1.165, 1.54) is 36.8 Å². The summed E-state index contributed by atoms with van der Waals surface area (Å²) in [6, 6.07) is 8.93. The molecule has 1 saturated carbocycles. The van der Waals surface area contributed by atoms with Crippen molar-refractivity contribution in [2.75, 3.05) is 0 Å². The van der Waals surface area contributed by atoms with Gasteiger partial charge in [-0.05, 0) is 48.1 Å². The molecule has 1 aliphatic rings. The highest BCUT2D eigenvalue weighted by atomic mass is 16.1. The zero-order valence-corrected chi connectivity index (χ0v) is 11.6. The Kier molecular flexibility index (Phi) is 4.21. The molecule has 0 heterocycles. The molecule has 1 unspecified atom stereocenters. The normalized spacial score (nSPS) is 22.7. The minimum Gasteiger partial charge on any atom is -0.303 e. The molecule has 1 fully saturated rings. The van der Waals surface area contributed by atoms with E-state index in [4.69, 9.17) is 0 Å². The maximum atomic E-state index is 10.4. The van der Waals surface area contributed by atoms with Crippen LogP contribution in [-0.2, 0) is 11.2 Å². The number of aryl methyl sites for hydroxylation is 1. The van der Waals surface area contributed by atoms with E-state index in [9.17, 15) is 4.79 Å². The fourth-order valence-electron chi connectivity index (χ4n) is 3.16. The minimum absolute atomic E-state index is 0.499. The molecule has 98 valence electrons. The van der Waals surface area contributed by atoms with E-state index in [2.05, 4.69) is 38.1 Å². The predicted octanol–water partition coefficient (Wildman–Crippen LogP) is 4.50. The average molecular weight is 244 g/mol. The molecule has 1 heteroatoms. The van der Waals surface area contributed by atoms with Gasteiger partial charge in [-0.1, -0.05) is 44.5 Å². The van der Waals surface area contributed by atoms with Gasteiger partial charge in [-0.3, -0.25) is 0 Å². The van der Waals surface area contributed by atoms with Gasteiger partial charge in [0.1, 0.15) is 6.29 Å². The molecule has 2 rings (SSSR count). The summed E-state index contributed by atoms with van der Waals surface area (Å²) in [5, 5.41) is 0. The average Bonchev–Trinajstić information content (AvgIpc) is 2.36. The summed E-state index contributed by atoms with van der Waals surface area (Å²) in [6.07, 6.45) is 7.86. The van der Waals surface area contributed by atoms with Crippen molar-refractivity contribution in [3.05, 3.63) is 35.4 Å². The topological polar surface area (TPSA) is 17.1 Å². The van der Waals surface area contributed by atoms with Crippen molar-refractivity contribution in [1.82, 2.24) is 0 Å². The smallest absolute Gasteiger partial charge is 0.120 e. The lowest BCUT2D eigenvalue weighted by atomic mass is 9.70. The number of carbonyl (C=O) groups excluding carboxylic acids is 1. The Hall–Kier alpha value is -1.11.